The lowest BCUT2D eigenvalue weighted by Gasteiger charge is -2.40. The van der Waals surface area contributed by atoms with E-state index in [1.54, 1.807) is 0 Å². The third kappa shape index (κ3) is 4.47. The van der Waals surface area contributed by atoms with Gasteiger partial charge in [-0.15, -0.1) is 0 Å². The van der Waals surface area contributed by atoms with Crippen LogP contribution in [0.25, 0.3) is 0 Å². The fourth-order valence-corrected chi connectivity index (χ4v) is 3.63. The van der Waals surface area contributed by atoms with Gasteiger partial charge in [0, 0.05) is 19.1 Å². The lowest BCUT2D eigenvalue weighted by atomic mass is 10.00. The Balaban J connectivity index is 1.41. The van der Waals surface area contributed by atoms with Crippen LogP contribution in [0.1, 0.15) is 37.7 Å². The number of rotatable bonds is 4. The molecule has 0 unspecified atom stereocenters. The molecule has 0 saturated carbocycles. The van der Waals surface area contributed by atoms with E-state index in [9.17, 15) is 4.79 Å². The molecule has 1 aromatic rings. The van der Waals surface area contributed by atoms with Gasteiger partial charge in [0.25, 0.3) is 5.91 Å². The van der Waals surface area contributed by atoms with E-state index in [1.165, 1.54) is 37.9 Å². The quantitative estimate of drug-likeness (QED) is 0.856. The monoisotopic (exact) mass is 316 g/mol. The Morgan fingerprint density at radius 2 is 1.70 bits per heavy atom. The molecule has 0 atom stereocenters. The third-order valence-corrected chi connectivity index (χ3v) is 5.11. The number of hydrogen-bond donors (Lipinski definition) is 0. The molecule has 4 nitrogen and oxygen atoms in total. The molecule has 2 heterocycles. The molecule has 0 N–H and O–H groups in total. The Morgan fingerprint density at radius 1 is 1.04 bits per heavy atom. The van der Waals surface area contributed by atoms with Crippen molar-refractivity contribution in [3.05, 3.63) is 29.8 Å². The first-order valence-electron chi connectivity index (χ1n) is 8.94. The number of likely N-dealkylation sites (tertiary alicyclic amines) is 2. The van der Waals surface area contributed by atoms with E-state index in [1.807, 2.05) is 36.1 Å². The number of carbonyl (C=O) groups excluding carboxylic acids is 1. The highest BCUT2D eigenvalue weighted by Crippen LogP contribution is 2.21. The summed E-state index contributed by atoms with van der Waals surface area (Å²) in [6.07, 6.45) is 6.27. The van der Waals surface area contributed by atoms with Crippen LogP contribution in [-0.2, 0) is 4.79 Å². The van der Waals surface area contributed by atoms with Crippen LogP contribution in [0.2, 0.25) is 0 Å². The molecule has 2 fully saturated rings. The molecule has 2 aliphatic rings. The second kappa shape index (κ2) is 7.82. The van der Waals surface area contributed by atoms with Gasteiger partial charge in [0.05, 0.1) is 0 Å². The maximum Gasteiger partial charge on any atom is 0.260 e. The minimum absolute atomic E-state index is 0.114. The molecule has 4 heteroatoms. The molecule has 0 spiro atoms. The normalized spacial score (nSPS) is 20.5. The van der Waals surface area contributed by atoms with Crippen LogP contribution < -0.4 is 4.74 Å². The summed E-state index contributed by atoms with van der Waals surface area (Å²) in [6.45, 7) is 6.43. The Labute approximate surface area is 139 Å². The Kier molecular flexibility index (Phi) is 5.55. The van der Waals surface area contributed by atoms with Gasteiger partial charge in [-0.2, -0.15) is 0 Å². The van der Waals surface area contributed by atoms with Crippen molar-refractivity contribution in [2.24, 2.45) is 0 Å². The third-order valence-electron chi connectivity index (χ3n) is 5.11. The summed E-state index contributed by atoms with van der Waals surface area (Å²) in [7, 11) is 0. The van der Waals surface area contributed by atoms with Crippen molar-refractivity contribution < 1.29 is 9.53 Å². The van der Waals surface area contributed by atoms with Gasteiger partial charge in [-0.1, -0.05) is 24.1 Å². The Hall–Kier alpha value is -1.55. The Bertz CT molecular complexity index is 501. The highest BCUT2D eigenvalue weighted by molar-refractivity contribution is 5.77. The molecule has 2 saturated heterocycles. The van der Waals surface area contributed by atoms with Gasteiger partial charge in [-0.05, 0) is 57.8 Å². The lowest BCUT2D eigenvalue weighted by Crippen LogP contribution is -2.49. The van der Waals surface area contributed by atoms with Crippen molar-refractivity contribution in [1.82, 2.24) is 9.80 Å². The molecule has 23 heavy (non-hydrogen) atoms. The number of hydrogen-bond acceptors (Lipinski definition) is 3. The summed E-state index contributed by atoms with van der Waals surface area (Å²) in [5.74, 6) is 0.884. The van der Waals surface area contributed by atoms with Crippen LogP contribution in [0.4, 0.5) is 0 Å². The zero-order valence-corrected chi connectivity index (χ0v) is 14.2. The van der Waals surface area contributed by atoms with E-state index in [-0.39, 0.29) is 12.5 Å². The maximum absolute atomic E-state index is 12.3. The number of ether oxygens (including phenoxy) is 1. The maximum atomic E-state index is 12.3. The summed E-state index contributed by atoms with van der Waals surface area (Å²) in [6, 6.07) is 8.53. The Morgan fingerprint density at radius 3 is 2.35 bits per heavy atom. The summed E-state index contributed by atoms with van der Waals surface area (Å²) in [5, 5.41) is 0. The molecule has 0 radical (unpaired) electrons. The predicted octanol–water partition coefficient (Wildman–Crippen LogP) is 2.85. The smallest absolute Gasteiger partial charge is 0.260 e. The van der Waals surface area contributed by atoms with Crippen molar-refractivity contribution in [1.29, 1.82) is 0 Å². The average Bonchev–Trinajstić information content (AvgIpc) is 2.62. The van der Waals surface area contributed by atoms with E-state index in [0.717, 1.165) is 31.7 Å². The molecular weight excluding hydrogens is 288 g/mol. The SMILES string of the molecule is Cc1ccc(OCC(=O)N2CCC(N3CCCCC3)CC2)cc1. The fourth-order valence-electron chi connectivity index (χ4n) is 3.63. The highest BCUT2D eigenvalue weighted by atomic mass is 16.5. The average molecular weight is 316 g/mol. The van der Waals surface area contributed by atoms with Crippen LogP contribution in [-0.4, -0.2) is 54.5 Å². The van der Waals surface area contributed by atoms with E-state index >= 15 is 0 Å². The number of amides is 1. The number of nitrogens with zero attached hydrogens (tertiary/aromatic N) is 2. The fraction of sp³-hybridized carbons (Fsp3) is 0.632. The summed E-state index contributed by atoms with van der Waals surface area (Å²) < 4.78 is 5.62. The van der Waals surface area contributed by atoms with Gasteiger partial charge in [0.2, 0.25) is 0 Å². The number of aryl methyl sites for hydroxylation is 1. The standard InChI is InChI=1S/C19H28N2O2/c1-16-5-7-18(8-6-16)23-15-19(22)21-13-9-17(10-14-21)20-11-3-2-4-12-20/h5-8,17H,2-4,9-15H2,1H3. The van der Waals surface area contributed by atoms with Crippen LogP contribution in [0.5, 0.6) is 5.75 Å². The summed E-state index contributed by atoms with van der Waals surface area (Å²) in [5.41, 5.74) is 1.20. The molecule has 3 rings (SSSR count). The molecular formula is C19H28N2O2. The van der Waals surface area contributed by atoms with Gasteiger partial charge in [0.1, 0.15) is 5.75 Å². The van der Waals surface area contributed by atoms with Crippen LogP contribution >= 0.6 is 0 Å². The van der Waals surface area contributed by atoms with E-state index in [0.29, 0.717) is 6.04 Å². The molecule has 2 aliphatic heterocycles. The number of benzene rings is 1. The minimum Gasteiger partial charge on any atom is -0.484 e. The zero-order chi connectivity index (χ0) is 16.1. The second-order valence-electron chi connectivity index (χ2n) is 6.81. The first-order chi connectivity index (χ1) is 11.2. The van der Waals surface area contributed by atoms with Crippen molar-refractivity contribution in [2.45, 2.75) is 45.1 Å². The van der Waals surface area contributed by atoms with Crippen LogP contribution in [0, 0.1) is 6.92 Å². The lowest BCUT2D eigenvalue weighted by molar-refractivity contribution is -0.135. The first kappa shape index (κ1) is 16.3. The number of piperidine rings is 2. The minimum atomic E-state index is 0.114. The highest BCUT2D eigenvalue weighted by Gasteiger charge is 2.27. The van der Waals surface area contributed by atoms with Gasteiger partial charge in [-0.25, -0.2) is 0 Å². The zero-order valence-electron chi connectivity index (χ0n) is 14.2. The van der Waals surface area contributed by atoms with Crippen LogP contribution in [0.3, 0.4) is 0 Å². The van der Waals surface area contributed by atoms with Gasteiger partial charge in [0.15, 0.2) is 6.61 Å². The van der Waals surface area contributed by atoms with Crippen molar-refractivity contribution in [3.63, 3.8) is 0 Å². The van der Waals surface area contributed by atoms with E-state index < -0.39 is 0 Å². The molecule has 126 valence electrons. The first-order valence-corrected chi connectivity index (χ1v) is 8.94. The molecule has 0 bridgehead atoms. The molecule has 1 aromatic carbocycles. The van der Waals surface area contributed by atoms with Gasteiger partial charge in [-0.3, -0.25) is 4.79 Å². The number of carbonyl (C=O) groups is 1. The van der Waals surface area contributed by atoms with Gasteiger partial charge >= 0.3 is 0 Å². The second-order valence-corrected chi connectivity index (χ2v) is 6.81. The molecule has 0 aromatic heterocycles. The topological polar surface area (TPSA) is 32.8 Å². The summed E-state index contributed by atoms with van der Waals surface area (Å²) in [4.78, 5) is 16.9. The van der Waals surface area contributed by atoms with Crippen molar-refractivity contribution in [3.8, 4) is 5.75 Å². The molecule has 0 aliphatic carbocycles. The van der Waals surface area contributed by atoms with Crippen molar-refractivity contribution >= 4 is 5.91 Å². The van der Waals surface area contributed by atoms with Crippen LogP contribution in [0.15, 0.2) is 24.3 Å². The van der Waals surface area contributed by atoms with Gasteiger partial charge < -0.3 is 14.5 Å². The van der Waals surface area contributed by atoms with E-state index in [2.05, 4.69) is 4.90 Å². The van der Waals surface area contributed by atoms with E-state index in [4.69, 9.17) is 4.74 Å². The molecule has 1 amide bonds. The van der Waals surface area contributed by atoms with Crippen molar-refractivity contribution in [2.75, 3.05) is 32.8 Å². The summed E-state index contributed by atoms with van der Waals surface area (Å²) >= 11 is 0. The predicted molar refractivity (Wildman–Crippen MR) is 91.7 cm³/mol. The largest absolute Gasteiger partial charge is 0.484 e.